The van der Waals surface area contributed by atoms with Crippen LogP contribution in [0.2, 0.25) is 0 Å². The van der Waals surface area contributed by atoms with Crippen LogP contribution >= 0.6 is 0 Å². The maximum absolute atomic E-state index is 2.55. The fourth-order valence-electron chi connectivity index (χ4n) is 11.9. The molecule has 0 amide bonds. The minimum atomic E-state index is -0.308. The van der Waals surface area contributed by atoms with Gasteiger partial charge in [0.2, 0.25) is 0 Å². The number of hydrogen-bond acceptors (Lipinski definition) is 0. The van der Waals surface area contributed by atoms with Gasteiger partial charge in [-0.2, -0.15) is 0 Å². The third-order valence-electron chi connectivity index (χ3n) is 14.8. The molecule has 1 aliphatic carbocycles. The van der Waals surface area contributed by atoms with Crippen LogP contribution < -0.4 is 0 Å². The van der Waals surface area contributed by atoms with Crippen LogP contribution in [0.15, 0.2) is 249 Å². The Morgan fingerprint density at radius 2 is 0.701 bits per heavy atom. The predicted octanol–water partition coefficient (Wildman–Crippen LogP) is 18.4. The Labute approximate surface area is 392 Å². The Hall–Kier alpha value is -8.32. The van der Waals surface area contributed by atoms with Gasteiger partial charge >= 0.3 is 0 Å². The molecule has 12 aromatic rings. The summed E-state index contributed by atoms with van der Waals surface area (Å²) in [4.78, 5) is 0. The molecule has 0 spiro atoms. The first-order valence-corrected chi connectivity index (χ1v) is 23.6. The van der Waals surface area contributed by atoms with Crippen molar-refractivity contribution >= 4 is 43.1 Å². The van der Waals surface area contributed by atoms with E-state index in [1.54, 1.807) is 0 Å². The summed E-state index contributed by atoms with van der Waals surface area (Å²) in [6.07, 6.45) is 0.947. The third kappa shape index (κ3) is 6.07. The second-order valence-electron chi connectivity index (χ2n) is 18.2. The maximum Gasteiger partial charge on any atom is 0.0467 e. The van der Waals surface area contributed by atoms with E-state index in [4.69, 9.17) is 0 Å². The topological polar surface area (TPSA) is 0 Å². The van der Waals surface area contributed by atoms with Crippen molar-refractivity contribution < 1.29 is 0 Å². The van der Waals surface area contributed by atoms with Crippen LogP contribution in [-0.4, -0.2) is 0 Å². The summed E-state index contributed by atoms with van der Waals surface area (Å²) in [6, 6.07) is 92.8. The number of rotatable bonds is 7. The minimum absolute atomic E-state index is 0.308. The van der Waals surface area contributed by atoms with E-state index in [9.17, 15) is 0 Å². The van der Waals surface area contributed by atoms with Gasteiger partial charge in [0.15, 0.2) is 0 Å². The largest absolute Gasteiger partial charge is 0.0639 e. The molecule has 0 heterocycles. The SMILES string of the molecule is CCC1(c2cccc3ccccc23)c2ccccc2-c2ccc(-c3c4ccccc4c(-c4ccc(-c5cc(-c6ccccc6)cc(-c6ccccc6)c5)c5ccccc45)c4ccccc34)cc21. The zero-order valence-electron chi connectivity index (χ0n) is 37.4. The summed E-state index contributed by atoms with van der Waals surface area (Å²) in [5, 5.41) is 10.1. The van der Waals surface area contributed by atoms with Crippen molar-refractivity contribution in [2.24, 2.45) is 0 Å². The fraction of sp³-hybridized carbons (Fsp3) is 0.0448. The van der Waals surface area contributed by atoms with Gasteiger partial charge in [-0.25, -0.2) is 0 Å². The van der Waals surface area contributed by atoms with Crippen LogP contribution in [0.25, 0.3) is 110 Å². The van der Waals surface area contributed by atoms with Crippen molar-refractivity contribution in [3.05, 3.63) is 265 Å². The maximum atomic E-state index is 2.55. The van der Waals surface area contributed by atoms with E-state index in [2.05, 4.69) is 256 Å². The van der Waals surface area contributed by atoms with Crippen molar-refractivity contribution in [2.75, 3.05) is 0 Å². The first-order valence-electron chi connectivity index (χ1n) is 23.6. The van der Waals surface area contributed by atoms with E-state index in [1.807, 2.05) is 0 Å². The van der Waals surface area contributed by atoms with Crippen molar-refractivity contribution in [2.45, 2.75) is 18.8 Å². The van der Waals surface area contributed by atoms with Crippen LogP contribution in [0.1, 0.15) is 30.0 Å². The Morgan fingerprint density at radius 1 is 0.254 bits per heavy atom. The van der Waals surface area contributed by atoms with Crippen molar-refractivity contribution in [1.29, 1.82) is 0 Å². The Bertz CT molecular complexity index is 3780. The first-order chi connectivity index (χ1) is 33.2. The van der Waals surface area contributed by atoms with Crippen LogP contribution in [-0.2, 0) is 5.41 Å². The second-order valence-corrected chi connectivity index (χ2v) is 18.2. The monoisotopic (exact) mass is 850 g/mol. The molecule has 12 aromatic carbocycles. The third-order valence-corrected chi connectivity index (χ3v) is 14.8. The molecule has 0 aromatic heterocycles. The average Bonchev–Trinajstić information content (AvgIpc) is 3.69. The molecule has 13 rings (SSSR count). The number of hydrogen-bond donors (Lipinski definition) is 0. The molecule has 0 nitrogen and oxygen atoms in total. The average molecular weight is 851 g/mol. The van der Waals surface area contributed by atoms with Gasteiger partial charge in [-0.15, -0.1) is 0 Å². The van der Waals surface area contributed by atoms with Crippen molar-refractivity contribution in [3.8, 4) is 66.8 Å². The molecule has 1 aliphatic rings. The molecule has 0 N–H and O–H groups in total. The molecule has 0 heteroatoms. The second kappa shape index (κ2) is 15.7. The summed E-state index contributed by atoms with van der Waals surface area (Å²) >= 11 is 0. The van der Waals surface area contributed by atoms with Gasteiger partial charge in [0.1, 0.15) is 0 Å². The van der Waals surface area contributed by atoms with E-state index in [1.165, 1.54) is 127 Å². The van der Waals surface area contributed by atoms with E-state index in [0.29, 0.717) is 0 Å². The van der Waals surface area contributed by atoms with Crippen molar-refractivity contribution in [1.82, 2.24) is 0 Å². The molecular weight excluding hydrogens is 805 g/mol. The van der Waals surface area contributed by atoms with Gasteiger partial charge in [-0.1, -0.05) is 231 Å². The molecular formula is C67H46. The van der Waals surface area contributed by atoms with Gasteiger partial charge < -0.3 is 0 Å². The highest BCUT2D eigenvalue weighted by Crippen LogP contribution is 2.57. The molecule has 0 radical (unpaired) electrons. The highest BCUT2D eigenvalue weighted by molar-refractivity contribution is 6.24. The van der Waals surface area contributed by atoms with Crippen LogP contribution in [0.5, 0.6) is 0 Å². The summed E-state index contributed by atoms with van der Waals surface area (Å²) in [5.41, 5.74) is 18.8. The summed E-state index contributed by atoms with van der Waals surface area (Å²) in [6.45, 7) is 2.37. The van der Waals surface area contributed by atoms with E-state index < -0.39 is 0 Å². The summed E-state index contributed by atoms with van der Waals surface area (Å²) < 4.78 is 0. The van der Waals surface area contributed by atoms with Gasteiger partial charge in [0.05, 0.1) is 0 Å². The molecule has 1 atom stereocenters. The van der Waals surface area contributed by atoms with E-state index >= 15 is 0 Å². The molecule has 0 fully saturated rings. The van der Waals surface area contributed by atoms with Gasteiger partial charge in [0.25, 0.3) is 0 Å². The molecule has 67 heavy (non-hydrogen) atoms. The lowest BCUT2D eigenvalue weighted by atomic mass is 9.69. The van der Waals surface area contributed by atoms with Crippen molar-refractivity contribution in [3.63, 3.8) is 0 Å². The summed E-state index contributed by atoms with van der Waals surface area (Å²) in [7, 11) is 0. The standard InChI is InChI=1S/C67H46/c1-2-67(62-35-19-25-46-24-9-10-26-52(46)62)63-34-18-17-29-55(63)56-37-36-47(43-64(56)67)65-57-30-13-15-32-59(57)66(60-33-16-14-31-58(60)65)61-39-38-51(53-27-11-12-28-54(53)61)50-41-48(44-20-5-3-6-21-44)40-49(42-50)45-22-7-4-8-23-45/h3-43H,2H2,1H3. The summed E-state index contributed by atoms with van der Waals surface area (Å²) in [5.74, 6) is 0. The molecule has 0 saturated carbocycles. The lowest BCUT2D eigenvalue weighted by Gasteiger charge is -2.33. The van der Waals surface area contributed by atoms with Crippen LogP contribution in [0.4, 0.5) is 0 Å². The molecule has 0 aliphatic heterocycles. The molecule has 0 saturated heterocycles. The van der Waals surface area contributed by atoms with Gasteiger partial charge in [0, 0.05) is 5.41 Å². The Balaban J connectivity index is 1.03. The zero-order chi connectivity index (χ0) is 44.5. The number of fused-ring (bicyclic) bond motifs is 7. The lowest BCUT2D eigenvalue weighted by molar-refractivity contribution is 0.615. The Morgan fingerprint density at radius 3 is 1.34 bits per heavy atom. The molecule has 1 unspecified atom stereocenters. The van der Waals surface area contributed by atoms with Gasteiger partial charge in [-0.05, 0) is 157 Å². The zero-order valence-corrected chi connectivity index (χ0v) is 37.4. The van der Waals surface area contributed by atoms with E-state index in [0.717, 1.165) is 6.42 Å². The quantitative estimate of drug-likeness (QED) is 0.140. The van der Waals surface area contributed by atoms with Crippen LogP contribution in [0.3, 0.4) is 0 Å². The normalized spacial score (nSPS) is 14.2. The van der Waals surface area contributed by atoms with Crippen LogP contribution in [0, 0.1) is 0 Å². The van der Waals surface area contributed by atoms with E-state index in [-0.39, 0.29) is 5.41 Å². The fourth-order valence-corrected chi connectivity index (χ4v) is 11.9. The lowest BCUT2D eigenvalue weighted by Crippen LogP contribution is -2.26. The minimum Gasteiger partial charge on any atom is -0.0639 e. The Kier molecular flexibility index (Phi) is 9.15. The smallest absolute Gasteiger partial charge is 0.0467 e. The first kappa shape index (κ1) is 39.1. The molecule has 0 bridgehead atoms. The van der Waals surface area contributed by atoms with Gasteiger partial charge in [-0.3, -0.25) is 0 Å². The highest BCUT2D eigenvalue weighted by Gasteiger charge is 2.44. The number of benzene rings is 12. The highest BCUT2D eigenvalue weighted by atomic mass is 14.5. The predicted molar refractivity (Wildman–Crippen MR) is 286 cm³/mol. The molecule has 314 valence electrons.